The summed E-state index contributed by atoms with van der Waals surface area (Å²) in [5, 5.41) is 0. The van der Waals surface area contributed by atoms with Crippen LogP contribution in [0.15, 0.2) is 42.5 Å². The monoisotopic (exact) mass is 272 g/mol. The molecular formula is C15H16N2O3. The van der Waals surface area contributed by atoms with Crippen LogP contribution >= 0.6 is 0 Å². The van der Waals surface area contributed by atoms with Gasteiger partial charge >= 0.3 is 0 Å². The van der Waals surface area contributed by atoms with E-state index in [1.54, 1.807) is 37.4 Å². The molecule has 0 spiro atoms. The van der Waals surface area contributed by atoms with Gasteiger partial charge in [0.15, 0.2) is 0 Å². The summed E-state index contributed by atoms with van der Waals surface area (Å²) in [6.45, 7) is 0.360. The molecule has 0 bridgehead atoms. The maximum absolute atomic E-state index is 11.0. The van der Waals surface area contributed by atoms with Crippen LogP contribution in [-0.4, -0.2) is 13.0 Å². The highest BCUT2D eigenvalue weighted by Crippen LogP contribution is 2.29. The SMILES string of the molecule is COc1ccc(CN)c(Oc2ccc(C(N)=O)cc2)c1. The van der Waals surface area contributed by atoms with Gasteiger partial charge in [0.25, 0.3) is 0 Å². The summed E-state index contributed by atoms with van der Waals surface area (Å²) in [6, 6.07) is 12.0. The zero-order valence-corrected chi connectivity index (χ0v) is 11.1. The predicted octanol–water partition coefficient (Wildman–Crippen LogP) is 2.05. The number of primary amides is 1. The molecule has 0 atom stereocenters. The average molecular weight is 272 g/mol. The zero-order valence-electron chi connectivity index (χ0n) is 11.1. The average Bonchev–Trinajstić information content (AvgIpc) is 2.47. The van der Waals surface area contributed by atoms with E-state index in [-0.39, 0.29) is 0 Å². The molecule has 2 aromatic carbocycles. The van der Waals surface area contributed by atoms with Crippen molar-refractivity contribution in [1.82, 2.24) is 0 Å². The second-order valence-corrected chi connectivity index (χ2v) is 4.17. The number of benzene rings is 2. The van der Waals surface area contributed by atoms with Crippen LogP contribution in [0.2, 0.25) is 0 Å². The lowest BCUT2D eigenvalue weighted by molar-refractivity contribution is 0.100. The fourth-order valence-electron chi connectivity index (χ4n) is 1.74. The maximum Gasteiger partial charge on any atom is 0.248 e. The first kappa shape index (κ1) is 13.9. The second kappa shape index (κ2) is 6.08. The Morgan fingerprint density at radius 1 is 1.10 bits per heavy atom. The maximum atomic E-state index is 11.0. The van der Waals surface area contributed by atoms with Crippen molar-refractivity contribution in [2.45, 2.75) is 6.54 Å². The van der Waals surface area contributed by atoms with Crippen molar-refractivity contribution in [3.8, 4) is 17.2 Å². The van der Waals surface area contributed by atoms with Crippen molar-refractivity contribution in [2.75, 3.05) is 7.11 Å². The summed E-state index contributed by atoms with van der Waals surface area (Å²) in [5.41, 5.74) is 12.2. The number of nitrogens with two attached hydrogens (primary N) is 2. The van der Waals surface area contributed by atoms with Crippen LogP contribution in [0.1, 0.15) is 15.9 Å². The number of hydrogen-bond donors (Lipinski definition) is 2. The minimum absolute atomic E-state index is 0.360. The van der Waals surface area contributed by atoms with E-state index in [0.717, 1.165) is 5.56 Å². The van der Waals surface area contributed by atoms with Gasteiger partial charge in [-0.1, -0.05) is 6.07 Å². The minimum Gasteiger partial charge on any atom is -0.497 e. The first-order chi connectivity index (χ1) is 9.63. The standard InChI is InChI=1S/C15H16N2O3/c1-19-13-7-4-11(9-16)14(8-13)20-12-5-2-10(3-6-12)15(17)18/h2-8H,9,16H2,1H3,(H2,17,18). The van der Waals surface area contributed by atoms with Gasteiger partial charge in [-0.25, -0.2) is 0 Å². The Balaban J connectivity index is 2.26. The molecule has 104 valence electrons. The topological polar surface area (TPSA) is 87.6 Å². The molecule has 0 fully saturated rings. The molecule has 0 radical (unpaired) electrons. The fourth-order valence-corrected chi connectivity index (χ4v) is 1.74. The first-order valence-corrected chi connectivity index (χ1v) is 6.08. The third kappa shape index (κ3) is 3.07. The number of hydrogen-bond acceptors (Lipinski definition) is 4. The van der Waals surface area contributed by atoms with Crippen molar-refractivity contribution in [2.24, 2.45) is 11.5 Å². The van der Waals surface area contributed by atoms with Gasteiger partial charge in [-0.05, 0) is 30.3 Å². The molecule has 4 N–H and O–H groups in total. The van der Waals surface area contributed by atoms with Gasteiger partial charge in [0.2, 0.25) is 5.91 Å². The number of ether oxygens (including phenoxy) is 2. The van der Waals surface area contributed by atoms with Gasteiger partial charge < -0.3 is 20.9 Å². The Hall–Kier alpha value is -2.53. The third-order valence-electron chi connectivity index (χ3n) is 2.86. The van der Waals surface area contributed by atoms with E-state index in [4.69, 9.17) is 20.9 Å². The number of carbonyl (C=O) groups is 1. The van der Waals surface area contributed by atoms with Gasteiger partial charge in [-0.15, -0.1) is 0 Å². The van der Waals surface area contributed by atoms with Gasteiger partial charge in [0.1, 0.15) is 17.2 Å². The summed E-state index contributed by atoms with van der Waals surface area (Å²) in [7, 11) is 1.59. The van der Waals surface area contributed by atoms with E-state index in [1.165, 1.54) is 0 Å². The molecule has 0 aromatic heterocycles. The van der Waals surface area contributed by atoms with Crippen LogP contribution in [0, 0.1) is 0 Å². The second-order valence-electron chi connectivity index (χ2n) is 4.17. The van der Waals surface area contributed by atoms with Crippen LogP contribution in [-0.2, 0) is 6.54 Å². The van der Waals surface area contributed by atoms with Gasteiger partial charge in [0.05, 0.1) is 7.11 Å². The number of amides is 1. The largest absolute Gasteiger partial charge is 0.497 e. The molecular weight excluding hydrogens is 256 g/mol. The zero-order chi connectivity index (χ0) is 14.5. The number of rotatable bonds is 5. The Bertz CT molecular complexity index is 609. The van der Waals surface area contributed by atoms with E-state index in [2.05, 4.69) is 0 Å². The number of methoxy groups -OCH3 is 1. The Morgan fingerprint density at radius 2 is 1.75 bits per heavy atom. The van der Waals surface area contributed by atoms with Gasteiger partial charge in [0, 0.05) is 23.7 Å². The molecule has 0 heterocycles. The summed E-state index contributed by atoms with van der Waals surface area (Å²) >= 11 is 0. The molecule has 2 aromatic rings. The lowest BCUT2D eigenvalue weighted by Gasteiger charge is -2.11. The van der Waals surface area contributed by atoms with Crippen molar-refractivity contribution in [3.05, 3.63) is 53.6 Å². The summed E-state index contributed by atoms with van der Waals surface area (Å²) < 4.78 is 10.9. The van der Waals surface area contributed by atoms with Gasteiger partial charge in [-0.2, -0.15) is 0 Å². The predicted molar refractivity (Wildman–Crippen MR) is 75.9 cm³/mol. The van der Waals surface area contributed by atoms with E-state index in [9.17, 15) is 4.79 Å². The van der Waals surface area contributed by atoms with Gasteiger partial charge in [-0.3, -0.25) is 4.79 Å². The first-order valence-electron chi connectivity index (χ1n) is 6.08. The van der Waals surface area contributed by atoms with Crippen molar-refractivity contribution >= 4 is 5.91 Å². The van der Waals surface area contributed by atoms with Crippen LogP contribution in [0.4, 0.5) is 0 Å². The Kier molecular flexibility index (Phi) is 4.22. The van der Waals surface area contributed by atoms with Crippen LogP contribution in [0.3, 0.4) is 0 Å². The smallest absolute Gasteiger partial charge is 0.248 e. The van der Waals surface area contributed by atoms with E-state index in [1.807, 2.05) is 12.1 Å². The molecule has 0 aliphatic carbocycles. The molecule has 0 aliphatic heterocycles. The molecule has 1 amide bonds. The number of carbonyl (C=O) groups excluding carboxylic acids is 1. The highest BCUT2D eigenvalue weighted by atomic mass is 16.5. The highest BCUT2D eigenvalue weighted by molar-refractivity contribution is 5.92. The Labute approximate surface area is 117 Å². The Morgan fingerprint density at radius 3 is 2.30 bits per heavy atom. The lowest BCUT2D eigenvalue weighted by Crippen LogP contribution is -2.10. The van der Waals surface area contributed by atoms with E-state index < -0.39 is 5.91 Å². The molecule has 0 saturated carbocycles. The van der Waals surface area contributed by atoms with Crippen molar-refractivity contribution in [3.63, 3.8) is 0 Å². The van der Waals surface area contributed by atoms with E-state index >= 15 is 0 Å². The van der Waals surface area contributed by atoms with Crippen LogP contribution in [0.5, 0.6) is 17.2 Å². The molecule has 20 heavy (non-hydrogen) atoms. The van der Waals surface area contributed by atoms with Crippen LogP contribution < -0.4 is 20.9 Å². The summed E-state index contributed by atoms with van der Waals surface area (Å²) in [6.07, 6.45) is 0. The lowest BCUT2D eigenvalue weighted by atomic mass is 10.2. The quantitative estimate of drug-likeness (QED) is 0.872. The highest BCUT2D eigenvalue weighted by Gasteiger charge is 2.07. The van der Waals surface area contributed by atoms with E-state index in [0.29, 0.717) is 29.4 Å². The fraction of sp³-hybridized carbons (Fsp3) is 0.133. The normalized spacial score (nSPS) is 10.1. The molecule has 0 saturated heterocycles. The van der Waals surface area contributed by atoms with Crippen molar-refractivity contribution in [1.29, 1.82) is 0 Å². The molecule has 5 nitrogen and oxygen atoms in total. The van der Waals surface area contributed by atoms with Crippen LogP contribution in [0.25, 0.3) is 0 Å². The molecule has 5 heteroatoms. The molecule has 0 aliphatic rings. The molecule has 2 rings (SSSR count). The minimum atomic E-state index is -0.472. The van der Waals surface area contributed by atoms with Crippen molar-refractivity contribution < 1.29 is 14.3 Å². The summed E-state index contributed by atoms with van der Waals surface area (Å²) in [4.78, 5) is 11.0. The summed E-state index contributed by atoms with van der Waals surface area (Å²) in [5.74, 6) is 1.43. The third-order valence-corrected chi connectivity index (χ3v) is 2.86. The molecule has 0 unspecified atom stereocenters.